The third-order valence-electron chi connectivity index (χ3n) is 3.03. The fourth-order valence-electron chi connectivity index (χ4n) is 1.81. The van der Waals surface area contributed by atoms with Gasteiger partial charge in [0.05, 0.1) is 13.0 Å². The second-order valence-corrected chi connectivity index (χ2v) is 5.70. The molecule has 0 aromatic heterocycles. The molecule has 0 aromatic rings. The van der Waals surface area contributed by atoms with Gasteiger partial charge in [0.1, 0.15) is 0 Å². The van der Waals surface area contributed by atoms with Crippen molar-refractivity contribution < 1.29 is 9.53 Å². The van der Waals surface area contributed by atoms with Crippen LogP contribution in [0.15, 0.2) is 12.2 Å². The fraction of sp³-hybridized carbons (Fsp3) is 0.769. The first-order valence-electron chi connectivity index (χ1n) is 6.12. The molecule has 2 unspecified atom stereocenters. The molecule has 92 valence electrons. The summed E-state index contributed by atoms with van der Waals surface area (Å²) in [5.74, 6) is 3.08. The number of ether oxygens (including phenoxy) is 1. The lowest BCUT2D eigenvalue weighted by atomic mass is 9.85. The molecule has 1 aliphatic rings. The smallest absolute Gasteiger partial charge is 0.306 e. The van der Waals surface area contributed by atoms with Crippen LogP contribution in [0.2, 0.25) is 0 Å². The van der Waals surface area contributed by atoms with Crippen LogP contribution < -0.4 is 0 Å². The van der Waals surface area contributed by atoms with Crippen LogP contribution in [-0.2, 0) is 9.53 Å². The number of carbonyl (C=O) groups is 1. The Morgan fingerprint density at radius 2 is 2.19 bits per heavy atom. The zero-order chi connectivity index (χ0) is 11.8. The molecule has 2 atom stereocenters. The van der Waals surface area contributed by atoms with Crippen LogP contribution in [0.25, 0.3) is 0 Å². The maximum atomic E-state index is 11.4. The van der Waals surface area contributed by atoms with Crippen molar-refractivity contribution in [1.29, 1.82) is 0 Å². The molecule has 0 fully saturated rings. The highest BCUT2D eigenvalue weighted by Gasteiger charge is 2.19. The van der Waals surface area contributed by atoms with Crippen molar-refractivity contribution in [3.63, 3.8) is 0 Å². The highest BCUT2D eigenvalue weighted by atomic mass is 32.2. The van der Waals surface area contributed by atoms with E-state index < -0.39 is 0 Å². The first-order valence-corrected chi connectivity index (χ1v) is 7.27. The zero-order valence-electron chi connectivity index (χ0n) is 10.3. The van der Waals surface area contributed by atoms with Crippen molar-refractivity contribution in [3.8, 4) is 0 Å². The Morgan fingerprint density at radius 1 is 1.44 bits per heavy atom. The van der Waals surface area contributed by atoms with Crippen LogP contribution in [0.1, 0.15) is 33.1 Å². The maximum Gasteiger partial charge on any atom is 0.306 e. The van der Waals surface area contributed by atoms with Crippen molar-refractivity contribution in [3.05, 3.63) is 12.2 Å². The van der Waals surface area contributed by atoms with E-state index in [0.29, 0.717) is 24.9 Å². The van der Waals surface area contributed by atoms with E-state index in [1.165, 1.54) is 0 Å². The molecule has 0 heterocycles. The summed E-state index contributed by atoms with van der Waals surface area (Å²) < 4.78 is 5.31. The van der Waals surface area contributed by atoms with Crippen molar-refractivity contribution in [2.75, 3.05) is 18.1 Å². The van der Waals surface area contributed by atoms with E-state index in [1.807, 2.05) is 0 Å². The predicted octanol–water partition coefficient (Wildman–Crippen LogP) is 3.28. The van der Waals surface area contributed by atoms with Crippen molar-refractivity contribution in [2.24, 2.45) is 11.8 Å². The van der Waals surface area contributed by atoms with E-state index in [2.05, 4.69) is 26.0 Å². The Morgan fingerprint density at radius 3 is 2.88 bits per heavy atom. The fourth-order valence-corrected chi connectivity index (χ4v) is 2.41. The SMILES string of the molecule is CCSCCC(=O)OCC1CC=CCC1C. The average Bonchev–Trinajstić information content (AvgIpc) is 2.28. The monoisotopic (exact) mass is 242 g/mol. The van der Waals surface area contributed by atoms with Gasteiger partial charge >= 0.3 is 5.97 Å². The van der Waals surface area contributed by atoms with Gasteiger partial charge in [-0.05, 0) is 30.4 Å². The summed E-state index contributed by atoms with van der Waals surface area (Å²) in [5, 5.41) is 0. The normalized spacial score (nSPS) is 24.4. The van der Waals surface area contributed by atoms with E-state index in [9.17, 15) is 4.79 Å². The molecule has 2 nitrogen and oxygen atoms in total. The number of esters is 1. The minimum atomic E-state index is -0.0392. The van der Waals surface area contributed by atoms with E-state index >= 15 is 0 Å². The quantitative estimate of drug-likeness (QED) is 0.406. The van der Waals surface area contributed by atoms with Gasteiger partial charge < -0.3 is 4.74 Å². The van der Waals surface area contributed by atoms with Gasteiger partial charge in [-0.15, -0.1) is 0 Å². The highest BCUT2D eigenvalue weighted by molar-refractivity contribution is 7.99. The highest BCUT2D eigenvalue weighted by Crippen LogP contribution is 2.25. The van der Waals surface area contributed by atoms with Gasteiger partial charge in [0.15, 0.2) is 0 Å². The third kappa shape index (κ3) is 5.06. The van der Waals surface area contributed by atoms with Gasteiger partial charge in [-0.2, -0.15) is 11.8 Å². The average molecular weight is 242 g/mol. The molecule has 0 saturated heterocycles. The summed E-state index contributed by atoms with van der Waals surface area (Å²) in [4.78, 5) is 11.4. The maximum absolute atomic E-state index is 11.4. The van der Waals surface area contributed by atoms with Crippen LogP contribution in [0.3, 0.4) is 0 Å². The molecule has 0 saturated carbocycles. The van der Waals surface area contributed by atoms with Crippen LogP contribution >= 0.6 is 11.8 Å². The van der Waals surface area contributed by atoms with Crippen LogP contribution in [0.5, 0.6) is 0 Å². The third-order valence-corrected chi connectivity index (χ3v) is 3.93. The first-order chi connectivity index (χ1) is 7.74. The number of rotatable bonds is 6. The molecule has 0 bridgehead atoms. The van der Waals surface area contributed by atoms with E-state index in [0.717, 1.165) is 24.3 Å². The summed E-state index contributed by atoms with van der Waals surface area (Å²) >= 11 is 1.79. The first kappa shape index (κ1) is 13.6. The number of hydrogen-bond donors (Lipinski definition) is 0. The van der Waals surface area contributed by atoms with Crippen molar-refractivity contribution >= 4 is 17.7 Å². The molecule has 1 aliphatic carbocycles. The molecule has 0 spiro atoms. The molecule has 0 amide bonds. The standard InChI is InChI=1S/C13H22O2S/c1-3-16-9-8-13(14)15-10-12-7-5-4-6-11(12)2/h4-5,11-12H,3,6-10H2,1-2H3. The molecule has 0 aliphatic heterocycles. The molecular weight excluding hydrogens is 220 g/mol. The Labute approximate surface area is 103 Å². The summed E-state index contributed by atoms with van der Waals surface area (Å²) in [6.07, 6.45) is 7.15. The number of carbonyl (C=O) groups excluding carboxylic acids is 1. The second kappa shape index (κ2) is 7.77. The topological polar surface area (TPSA) is 26.3 Å². The lowest BCUT2D eigenvalue weighted by molar-refractivity contribution is -0.145. The lowest BCUT2D eigenvalue weighted by Crippen LogP contribution is -2.21. The molecule has 1 rings (SSSR count). The van der Waals surface area contributed by atoms with Gasteiger partial charge in [-0.25, -0.2) is 0 Å². The molecular formula is C13H22O2S. The summed E-state index contributed by atoms with van der Waals surface area (Å²) in [6, 6.07) is 0. The summed E-state index contributed by atoms with van der Waals surface area (Å²) in [5.41, 5.74) is 0. The van der Waals surface area contributed by atoms with Gasteiger partial charge in [-0.1, -0.05) is 26.0 Å². The van der Waals surface area contributed by atoms with Crippen LogP contribution in [-0.4, -0.2) is 24.1 Å². The van der Waals surface area contributed by atoms with Crippen LogP contribution in [0.4, 0.5) is 0 Å². The van der Waals surface area contributed by atoms with Gasteiger partial charge in [0, 0.05) is 5.75 Å². The van der Waals surface area contributed by atoms with Crippen molar-refractivity contribution in [1.82, 2.24) is 0 Å². The van der Waals surface area contributed by atoms with Crippen molar-refractivity contribution in [2.45, 2.75) is 33.1 Å². The second-order valence-electron chi connectivity index (χ2n) is 4.31. The Balaban J connectivity index is 2.13. The molecule has 0 aromatic carbocycles. The zero-order valence-corrected chi connectivity index (χ0v) is 11.1. The largest absolute Gasteiger partial charge is 0.465 e. The number of hydrogen-bond acceptors (Lipinski definition) is 3. The molecule has 3 heteroatoms. The molecule has 0 N–H and O–H groups in total. The van der Waals surface area contributed by atoms with E-state index in [1.54, 1.807) is 11.8 Å². The summed E-state index contributed by atoms with van der Waals surface area (Å²) in [6.45, 7) is 4.93. The van der Waals surface area contributed by atoms with Gasteiger partial charge in [-0.3, -0.25) is 4.79 Å². The number of allylic oxidation sites excluding steroid dienone is 2. The minimum Gasteiger partial charge on any atom is -0.465 e. The molecule has 16 heavy (non-hydrogen) atoms. The van der Waals surface area contributed by atoms with E-state index in [4.69, 9.17) is 4.74 Å². The Bertz CT molecular complexity index is 238. The van der Waals surface area contributed by atoms with Gasteiger partial charge in [0.2, 0.25) is 0 Å². The Hall–Kier alpha value is -0.440. The van der Waals surface area contributed by atoms with Gasteiger partial charge in [0.25, 0.3) is 0 Å². The van der Waals surface area contributed by atoms with E-state index in [-0.39, 0.29) is 5.97 Å². The molecule has 0 radical (unpaired) electrons. The summed E-state index contributed by atoms with van der Waals surface area (Å²) in [7, 11) is 0. The minimum absolute atomic E-state index is 0.0392. The van der Waals surface area contributed by atoms with Crippen LogP contribution in [0, 0.1) is 11.8 Å². The predicted molar refractivity (Wildman–Crippen MR) is 69.6 cm³/mol. The Kier molecular flexibility index (Phi) is 6.62. The number of thioether (sulfide) groups is 1. The lowest BCUT2D eigenvalue weighted by Gasteiger charge is -2.24.